The lowest BCUT2D eigenvalue weighted by Crippen LogP contribution is -2.25. The van der Waals surface area contributed by atoms with Crippen LogP contribution in [0, 0.1) is 0 Å². The number of rotatable bonds is 4. The van der Waals surface area contributed by atoms with E-state index in [4.69, 9.17) is 17.3 Å². The average molecular weight is 284 g/mol. The second-order valence-electron chi connectivity index (χ2n) is 3.43. The number of anilines is 1. The highest BCUT2D eigenvalue weighted by molar-refractivity contribution is 7.15. The normalized spacial score (nSPS) is 10.3. The molecule has 0 saturated heterocycles. The fourth-order valence-corrected chi connectivity index (χ4v) is 2.07. The molecule has 2 heterocycles. The van der Waals surface area contributed by atoms with Crippen molar-refractivity contribution in [3.63, 3.8) is 0 Å². The van der Waals surface area contributed by atoms with Crippen LogP contribution in [0.15, 0.2) is 18.5 Å². The van der Waals surface area contributed by atoms with Gasteiger partial charge in [0.15, 0.2) is 0 Å². The summed E-state index contributed by atoms with van der Waals surface area (Å²) in [6.07, 6.45) is 3.53. The molecule has 0 aromatic carbocycles. The molecule has 2 rings (SSSR count). The van der Waals surface area contributed by atoms with Crippen LogP contribution in [0.5, 0.6) is 0 Å². The molecule has 8 heteroatoms. The maximum Gasteiger partial charge on any atom is 0.252 e. The Hall–Kier alpha value is -1.73. The van der Waals surface area contributed by atoms with Crippen molar-refractivity contribution in [1.82, 2.24) is 20.5 Å². The minimum Gasteiger partial charge on any atom is -0.374 e. The first-order valence-corrected chi connectivity index (χ1v) is 6.31. The average Bonchev–Trinajstić information content (AvgIpc) is 2.75. The van der Waals surface area contributed by atoms with E-state index < -0.39 is 0 Å². The van der Waals surface area contributed by atoms with Gasteiger partial charge in [0.05, 0.1) is 10.6 Å². The van der Waals surface area contributed by atoms with E-state index >= 15 is 0 Å². The van der Waals surface area contributed by atoms with Crippen LogP contribution in [0.4, 0.5) is 5.13 Å². The van der Waals surface area contributed by atoms with E-state index in [9.17, 15) is 4.79 Å². The Kier molecular flexibility index (Phi) is 4.06. The Morgan fingerprint density at radius 3 is 2.94 bits per heavy atom. The standard InChI is InChI=1S/C10H10ClN5OS/c11-7-3-6(4-13-5-7)9(17)14-2-1-8-15-16-10(12)18-8/h3-5H,1-2H2,(H2,12,16)(H,14,17). The van der Waals surface area contributed by atoms with Crippen molar-refractivity contribution >= 4 is 34.0 Å². The Balaban J connectivity index is 1.85. The number of carbonyl (C=O) groups excluding carboxylic acids is 1. The molecule has 1 amide bonds. The fourth-order valence-electron chi connectivity index (χ4n) is 1.29. The largest absolute Gasteiger partial charge is 0.374 e. The number of nitrogens with one attached hydrogen (secondary N) is 1. The molecule has 3 N–H and O–H groups in total. The van der Waals surface area contributed by atoms with Gasteiger partial charge in [-0.05, 0) is 6.07 Å². The van der Waals surface area contributed by atoms with Crippen LogP contribution in [0.2, 0.25) is 5.02 Å². The van der Waals surface area contributed by atoms with Crippen molar-refractivity contribution in [2.75, 3.05) is 12.3 Å². The maximum atomic E-state index is 11.7. The third-order valence-electron chi connectivity index (χ3n) is 2.07. The van der Waals surface area contributed by atoms with Gasteiger partial charge in [-0.25, -0.2) is 0 Å². The maximum absolute atomic E-state index is 11.7. The first-order valence-electron chi connectivity index (χ1n) is 5.12. The SMILES string of the molecule is Nc1nnc(CCNC(=O)c2cncc(Cl)c2)s1. The molecule has 0 unspecified atom stereocenters. The molecule has 2 aromatic rings. The van der Waals surface area contributed by atoms with Gasteiger partial charge in [0, 0.05) is 25.4 Å². The van der Waals surface area contributed by atoms with E-state index in [1.807, 2.05) is 0 Å². The lowest BCUT2D eigenvalue weighted by Gasteiger charge is -2.03. The van der Waals surface area contributed by atoms with Crippen LogP contribution in [0.25, 0.3) is 0 Å². The number of nitrogen functional groups attached to an aromatic ring is 1. The van der Waals surface area contributed by atoms with Crippen LogP contribution < -0.4 is 11.1 Å². The lowest BCUT2D eigenvalue weighted by molar-refractivity contribution is 0.0954. The van der Waals surface area contributed by atoms with Crippen molar-refractivity contribution in [1.29, 1.82) is 0 Å². The smallest absolute Gasteiger partial charge is 0.252 e. The summed E-state index contributed by atoms with van der Waals surface area (Å²) in [5.41, 5.74) is 5.88. The molecular formula is C10H10ClN5OS. The van der Waals surface area contributed by atoms with E-state index in [0.717, 1.165) is 5.01 Å². The zero-order valence-electron chi connectivity index (χ0n) is 9.26. The number of aromatic nitrogens is 3. The summed E-state index contributed by atoms with van der Waals surface area (Å²) in [7, 11) is 0. The summed E-state index contributed by atoms with van der Waals surface area (Å²) in [6, 6.07) is 1.56. The van der Waals surface area contributed by atoms with Gasteiger partial charge in [-0.3, -0.25) is 9.78 Å². The zero-order valence-corrected chi connectivity index (χ0v) is 10.8. The van der Waals surface area contributed by atoms with Gasteiger partial charge in [0.1, 0.15) is 5.01 Å². The first kappa shape index (κ1) is 12.7. The van der Waals surface area contributed by atoms with Gasteiger partial charge in [-0.15, -0.1) is 10.2 Å². The molecule has 0 bridgehead atoms. The molecule has 0 saturated carbocycles. The number of hydrogen-bond donors (Lipinski definition) is 2. The molecular weight excluding hydrogens is 274 g/mol. The van der Waals surface area contributed by atoms with Crippen molar-refractivity contribution in [3.05, 3.63) is 34.1 Å². The van der Waals surface area contributed by atoms with E-state index in [0.29, 0.717) is 28.7 Å². The fraction of sp³-hybridized carbons (Fsp3) is 0.200. The van der Waals surface area contributed by atoms with Crippen LogP contribution in [-0.4, -0.2) is 27.6 Å². The Labute approximate surface area is 112 Å². The number of halogens is 1. The molecule has 0 aliphatic heterocycles. The van der Waals surface area contributed by atoms with Crippen molar-refractivity contribution in [3.8, 4) is 0 Å². The molecule has 6 nitrogen and oxygen atoms in total. The second-order valence-corrected chi connectivity index (χ2v) is 4.96. The van der Waals surface area contributed by atoms with Crippen molar-refractivity contribution in [2.24, 2.45) is 0 Å². The quantitative estimate of drug-likeness (QED) is 0.877. The number of nitrogens with zero attached hydrogens (tertiary/aromatic N) is 3. The van der Waals surface area contributed by atoms with Gasteiger partial charge < -0.3 is 11.1 Å². The van der Waals surface area contributed by atoms with Crippen LogP contribution in [0.1, 0.15) is 15.4 Å². The van der Waals surface area contributed by atoms with Gasteiger partial charge in [0.25, 0.3) is 5.91 Å². The summed E-state index contributed by atoms with van der Waals surface area (Å²) in [4.78, 5) is 15.6. The van der Waals surface area contributed by atoms with Crippen LogP contribution >= 0.6 is 22.9 Å². The minimum atomic E-state index is -0.220. The highest BCUT2D eigenvalue weighted by Crippen LogP contribution is 2.11. The summed E-state index contributed by atoms with van der Waals surface area (Å²) in [6.45, 7) is 0.458. The third-order valence-corrected chi connectivity index (χ3v) is 3.09. The third kappa shape index (κ3) is 3.38. The Morgan fingerprint density at radius 1 is 1.44 bits per heavy atom. The van der Waals surface area contributed by atoms with E-state index in [2.05, 4.69) is 20.5 Å². The lowest BCUT2D eigenvalue weighted by atomic mass is 10.2. The second kappa shape index (κ2) is 5.74. The monoisotopic (exact) mass is 283 g/mol. The molecule has 0 aliphatic carbocycles. The minimum absolute atomic E-state index is 0.220. The van der Waals surface area contributed by atoms with Crippen LogP contribution in [-0.2, 0) is 6.42 Å². The summed E-state index contributed by atoms with van der Waals surface area (Å²) in [5.74, 6) is -0.220. The molecule has 2 aromatic heterocycles. The van der Waals surface area contributed by atoms with Gasteiger partial charge in [0.2, 0.25) is 5.13 Å². The number of nitrogens with two attached hydrogens (primary N) is 1. The Bertz CT molecular complexity index is 559. The highest BCUT2D eigenvalue weighted by atomic mass is 35.5. The topological polar surface area (TPSA) is 93.8 Å². The van der Waals surface area contributed by atoms with Gasteiger partial charge >= 0.3 is 0 Å². The van der Waals surface area contributed by atoms with Crippen LogP contribution in [0.3, 0.4) is 0 Å². The molecule has 0 spiro atoms. The number of pyridine rings is 1. The molecule has 18 heavy (non-hydrogen) atoms. The van der Waals surface area contributed by atoms with Gasteiger partial charge in [-0.1, -0.05) is 22.9 Å². The number of amides is 1. The van der Waals surface area contributed by atoms with Crippen molar-refractivity contribution < 1.29 is 4.79 Å². The first-order chi connectivity index (χ1) is 8.65. The van der Waals surface area contributed by atoms with Crippen molar-refractivity contribution in [2.45, 2.75) is 6.42 Å². The van der Waals surface area contributed by atoms with E-state index in [1.54, 1.807) is 6.07 Å². The molecule has 0 aliphatic rings. The molecule has 0 fully saturated rings. The summed E-state index contributed by atoms with van der Waals surface area (Å²) in [5, 5.41) is 11.9. The predicted octanol–water partition coefficient (Wildman–Crippen LogP) is 1.14. The number of hydrogen-bond acceptors (Lipinski definition) is 6. The number of carbonyl (C=O) groups is 1. The zero-order chi connectivity index (χ0) is 13.0. The van der Waals surface area contributed by atoms with E-state index in [-0.39, 0.29) is 5.91 Å². The predicted molar refractivity (Wildman–Crippen MR) is 69.6 cm³/mol. The highest BCUT2D eigenvalue weighted by Gasteiger charge is 2.07. The Morgan fingerprint density at radius 2 is 2.28 bits per heavy atom. The van der Waals surface area contributed by atoms with E-state index in [1.165, 1.54) is 23.7 Å². The molecule has 0 radical (unpaired) electrons. The summed E-state index contributed by atoms with van der Waals surface area (Å²) >= 11 is 7.06. The molecule has 94 valence electrons. The van der Waals surface area contributed by atoms with Gasteiger partial charge in [-0.2, -0.15) is 0 Å². The molecule has 0 atom stereocenters. The summed E-state index contributed by atoms with van der Waals surface area (Å²) < 4.78 is 0.